The Bertz CT molecular complexity index is 689. The molecular formula is C16H18BrN3O3S. The van der Waals surface area contributed by atoms with Crippen molar-refractivity contribution >= 4 is 38.3 Å². The summed E-state index contributed by atoms with van der Waals surface area (Å²) in [6.45, 7) is 4.10. The number of carbonyl (C=O) groups is 1. The predicted octanol–water partition coefficient (Wildman–Crippen LogP) is 2.76. The van der Waals surface area contributed by atoms with Crippen LogP contribution in [0.15, 0.2) is 34.1 Å². The maximum Gasteiger partial charge on any atom is 0.264 e. The fraction of sp³-hybridized carbons (Fsp3) is 0.375. The molecule has 1 aromatic carbocycles. The minimum atomic E-state index is -0.220. The lowest BCUT2D eigenvalue weighted by Crippen LogP contribution is -2.35. The summed E-state index contributed by atoms with van der Waals surface area (Å²) < 4.78 is 11.7. The highest BCUT2D eigenvalue weighted by Gasteiger charge is 2.13. The third-order valence-electron chi connectivity index (χ3n) is 3.45. The van der Waals surface area contributed by atoms with Crippen molar-refractivity contribution in [1.82, 2.24) is 9.88 Å². The number of hydrogen-bond donors (Lipinski definition) is 1. The molecule has 1 aliphatic heterocycles. The number of morpholine rings is 1. The van der Waals surface area contributed by atoms with Crippen LogP contribution in [-0.4, -0.2) is 48.7 Å². The zero-order valence-corrected chi connectivity index (χ0v) is 15.4. The van der Waals surface area contributed by atoms with Crippen LogP contribution < -0.4 is 10.1 Å². The number of nitrogens with one attached hydrogen (secondary N) is 1. The number of anilines is 1. The maximum atomic E-state index is 12.0. The standard InChI is InChI=1S/C16H18BrN3O3S/c17-12-2-1-3-14(8-12)23-10-15(21)19-16-18-13(11-24-16)9-20-4-6-22-7-5-20/h1-3,8,11H,4-7,9-10H2,(H,18,19,21). The summed E-state index contributed by atoms with van der Waals surface area (Å²) in [5, 5.41) is 5.34. The van der Waals surface area contributed by atoms with Gasteiger partial charge in [0.25, 0.3) is 5.91 Å². The monoisotopic (exact) mass is 411 g/mol. The van der Waals surface area contributed by atoms with Crippen molar-refractivity contribution in [3.63, 3.8) is 0 Å². The molecule has 1 aliphatic rings. The number of hydrogen-bond acceptors (Lipinski definition) is 6. The third kappa shape index (κ3) is 5.27. The quantitative estimate of drug-likeness (QED) is 0.791. The Balaban J connectivity index is 1.46. The summed E-state index contributed by atoms with van der Waals surface area (Å²) in [6.07, 6.45) is 0. The molecule has 0 radical (unpaired) electrons. The van der Waals surface area contributed by atoms with Crippen molar-refractivity contribution in [3.8, 4) is 5.75 Å². The van der Waals surface area contributed by atoms with Gasteiger partial charge in [0.15, 0.2) is 11.7 Å². The van der Waals surface area contributed by atoms with Gasteiger partial charge in [-0.05, 0) is 18.2 Å². The Morgan fingerprint density at radius 1 is 1.42 bits per heavy atom. The fourth-order valence-corrected chi connectivity index (χ4v) is 3.38. The zero-order chi connectivity index (χ0) is 16.8. The molecule has 2 aromatic rings. The van der Waals surface area contributed by atoms with E-state index in [4.69, 9.17) is 9.47 Å². The van der Waals surface area contributed by atoms with E-state index in [1.807, 2.05) is 29.6 Å². The molecule has 0 spiro atoms. The fourth-order valence-electron chi connectivity index (χ4n) is 2.29. The summed E-state index contributed by atoms with van der Waals surface area (Å²) in [5.74, 6) is 0.425. The number of aromatic nitrogens is 1. The molecular weight excluding hydrogens is 394 g/mol. The van der Waals surface area contributed by atoms with E-state index in [-0.39, 0.29) is 12.5 Å². The molecule has 24 heavy (non-hydrogen) atoms. The van der Waals surface area contributed by atoms with E-state index in [2.05, 4.69) is 31.1 Å². The second-order valence-corrected chi connectivity index (χ2v) is 7.10. The smallest absolute Gasteiger partial charge is 0.264 e. The number of thiazole rings is 1. The van der Waals surface area contributed by atoms with E-state index in [0.717, 1.165) is 43.0 Å². The van der Waals surface area contributed by atoms with E-state index in [0.29, 0.717) is 10.9 Å². The molecule has 6 nitrogen and oxygen atoms in total. The average Bonchev–Trinajstić information content (AvgIpc) is 3.01. The first-order valence-corrected chi connectivity index (χ1v) is 9.29. The van der Waals surface area contributed by atoms with Gasteiger partial charge in [0.05, 0.1) is 18.9 Å². The minimum absolute atomic E-state index is 0.0468. The molecule has 128 valence electrons. The van der Waals surface area contributed by atoms with Gasteiger partial charge in [-0.1, -0.05) is 22.0 Å². The van der Waals surface area contributed by atoms with Crippen LogP contribution >= 0.6 is 27.3 Å². The second kappa shape index (κ2) is 8.57. The number of carbonyl (C=O) groups excluding carboxylic acids is 1. The summed E-state index contributed by atoms with van der Waals surface area (Å²) in [5.41, 5.74) is 0.963. The molecule has 1 saturated heterocycles. The summed E-state index contributed by atoms with van der Waals surface area (Å²) in [4.78, 5) is 18.7. The van der Waals surface area contributed by atoms with Crippen molar-refractivity contribution in [2.75, 3.05) is 38.2 Å². The first kappa shape index (κ1) is 17.3. The number of amides is 1. The lowest BCUT2D eigenvalue weighted by molar-refractivity contribution is -0.118. The van der Waals surface area contributed by atoms with E-state index in [1.54, 1.807) is 0 Å². The normalized spacial score (nSPS) is 15.2. The molecule has 0 aliphatic carbocycles. The summed E-state index contributed by atoms with van der Waals surface area (Å²) in [6, 6.07) is 7.38. The Kier molecular flexibility index (Phi) is 6.19. The third-order valence-corrected chi connectivity index (χ3v) is 4.75. The number of benzene rings is 1. The zero-order valence-electron chi connectivity index (χ0n) is 13.0. The van der Waals surface area contributed by atoms with Crippen molar-refractivity contribution in [3.05, 3.63) is 39.8 Å². The lowest BCUT2D eigenvalue weighted by Gasteiger charge is -2.25. The number of ether oxygens (including phenoxy) is 2. The molecule has 0 bridgehead atoms. The van der Waals surface area contributed by atoms with Gasteiger partial charge in [-0.3, -0.25) is 15.0 Å². The summed E-state index contributed by atoms with van der Waals surface area (Å²) >= 11 is 4.79. The van der Waals surface area contributed by atoms with Crippen molar-refractivity contribution in [2.45, 2.75) is 6.54 Å². The highest BCUT2D eigenvalue weighted by Crippen LogP contribution is 2.19. The predicted molar refractivity (Wildman–Crippen MR) is 96.5 cm³/mol. The van der Waals surface area contributed by atoms with Crippen LogP contribution in [0.4, 0.5) is 5.13 Å². The Morgan fingerprint density at radius 2 is 2.25 bits per heavy atom. The van der Waals surface area contributed by atoms with Crippen LogP contribution in [0.25, 0.3) is 0 Å². The van der Waals surface area contributed by atoms with Gasteiger partial charge >= 0.3 is 0 Å². The SMILES string of the molecule is O=C(COc1cccc(Br)c1)Nc1nc(CN2CCOCC2)cs1. The Hall–Kier alpha value is -1.48. The number of halogens is 1. The first-order valence-electron chi connectivity index (χ1n) is 7.62. The molecule has 8 heteroatoms. The van der Waals surface area contributed by atoms with Crippen LogP contribution in [0, 0.1) is 0 Å². The van der Waals surface area contributed by atoms with Crippen LogP contribution in [0.2, 0.25) is 0 Å². The van der Waals surface area contributed by atoms with Gasteiger partial charge in [0, 0.05) is 29.5 Å². The van der Waals surface area contributed by atoms with E-state index < -0.39 is 0 Å². The molecule has 0 unspecified atom stereocenters. The molecule has 3 rings (SSSR count). The summed E-state index contributed by atoms with van der Waals surface area (Å²) in [7, 11) is 0. The van der Waals surface area contributed by atoms with E-state index in [9.17, 15) is 4.79 Å². The minimum Gasteiger partial charge on any atom is -0.484 e. The molecule has 1 amide bonds. The van der Waals surface area contributed by atoms with Gasteiger partial charge in [-0.25, -0.2) is 4.98 Å². The molecule has 0 atom stereocenters. The molecule has 2 heterocycles. The van der Waals surface area contributed by atoms with Gasteiger partial charge in [-0.15, -0.1) is 11.3 Å². The number of rotatable bonds is 6. The van der Waals surface area contributed by atoms with Gasteiger partial charge in [0.1, 0.15) is 5.75 Å². The van der Waals surface area contributed by atoms with Gasteiger partial charge < -0.3 is 9.47 Å². The largest absolute Gasteiger partial charge is 0.484 e. The van der Waals surface area contributed by atoms with Crippen molar-refractivity contribution in [1.29, 1.82) is 0 Å². The number of nitrogens with zero attached hydrogens (tertiary/aromatic N) is 2. The molecule has 1 aromatic heterocycles. The second-order valence-electron chi connectivity index (χ2n) is 5.33. The van der Waals surface area contributed by atoms with Crippen molar-refractivity contribution in [2.24, 2.45) is 0 Å². The van der Waals surface area contributed by atoms with E-state index in [1.165, 1.54) is 11.3 Å². The van der Waals surface area contributed by atoms with Crippen LogP contribution in [0.5, 0.6) is 5.75 Å². The first-order chi connectivity index (χ1) is 11.7. The topological polar surface area (TPSA) is 63.7 Å². The van der Waals surface area contributed by atoms with Crippen molar-refractivity contribution < 1.29 is 14.3 Å². The van der Waals surface area contributed by atoms with Crippen LogP contribution in [0.3, 0.4) is 0 Å². The Labute approximate surface area is 152 Å². The van der Waals surface area contributed by atoms with Gasteiger partial charge in [-0.2, -0.15) is 0 Å². The van der Waals surface area contributed by atoms with Crippen LogP contribution in [-0.2, 0) is 16.1 Å². The van der Waals surface area contributed by atoms with Crippen LogP contribution in [0.1, 0.15) is 5.69 Å². The Morgan fingerprint density at radius 3 is 3.04 bits per heavy atom. The highest BCUT2D eigenvalue weighted by molar-refractivity contribution is 9.10. The molecule has 1 N–H and O–H groups in total. The van der Waals surface area contributed by atoms with E-state index >= 15 is 0 Å². The average molecular weight is 412 g/mol. The maximum absolute atomic E-state index is 12.0. The lowest BCUT2D eigenvalue weighted by atomic mass is 10.3. The highest BCUT2D eigenvalue weighted by atomic mass is 79.9. The molecule has 1 fully saturated rings. The van der Waals surface area contributed by atoms with Gasteiger partial charge in [0.2, 0.25) is 0 Å². The molecule has 0 saturated carbocycles.